The van der Waals surface area contributed by atoms with Crippen molar-refractivity contribution in [1.82, 2.24) is 9.55 Å². The molecule has 6 heteroatoms. The van der Waals surface area contributed by atoms with Gasteiger partial charge in [-0.25, -0.2) is 4.79 Å². The van der Waals surface area contributed by atoms with E-state index in [1.807, 2.05) is 0 Å². The minimum Gasteiger partial charge on any atom is -0.404 e. The van der Waals surface area contributed by atoms with Gasteiger partial charge < -0.3 is 4.74 Å². The number of aryl methyl sites for hydroxylation is 1. The number of fused-ring (bicyclic) bond motifs is 1. The van der Waals surface area contributed by atoms with Crippen molar-refractivity contribution in [2.75, 3.05) is 0 Å². The number of carbonyl (C=O) groups excluding carboxylic acids is 1. The van der Waals surface area contributed by atoms with Crippen LogP contribution < -0.4 is 10.3 Å². The van der Waals surface area contributed by atoms with Crippen LogP contribution in [-0.2, 0) is 13.0 Å². The van der Waals surface area contributed by atoms with E-state index in [1.165, 1.54) is 6.07 Å². The van der Waals surface area contributed by atoms with Crippen molar-refractivity contribution in [3.05, 3.63) is 57.1 Å². The fourth-order valence-electron chi connectivity index (χ4n) is 2.34. The van der Waals surface area contributed by atoms with Crippen molar-refractivity contribution in [2.45, 2.75) is 25.8 Å². The Morgan fingerprint density at radius 3 is 2.90 bits per heavy atom. The van der Waals surface area contributed by atoms with Gasteiger partial charge in [0.2, 0.25) is 5.88 Å². The molecule has 1 aromatic heterocycles. The second kappa shape index (κ2) is 5.69. The Bertz CT molecular complexity index is 755. The van der Waals surface area contributed by atoms with Crippen molar-refractivity contribution >= 4 is 17.6 Å². The first-order valence-electron chi connectivity index (χ1n) is 6.72. The summed E-state index contributed by atoms with van der Waals surface area (Å²) in [7, 11) is 0. The number of ether oxygens (including phenoxy) is 1. The molecule has 0 saturated heterocycles. The van der Waals surface area contributed by atoms with Crippen molar-refractivity contribution in [3.8, 4) is 5.88 Å². The van der Waals surface area contributed by atoms with E-state index in [9.17, 15) is 9.59 Å². The molecule has 1 aliphatic rings. The maximum absolute atomic E-state index is 12.1. The summed E-state index contributed by atoms with van der Waals surface area (Å²) < 4.78 is 6.80. The second-order valence-electron chi connectivity index (χ2n) is 4.83. The molecule has 0 bridgehead atoms. The number of rotatable bonds is 2. The Kier molecular flexibility index (Phi) is 3.75. The molecule has 0 aliphatic carbocycles. The van der Waals surface area contributed by atoms with Crippen LogP contribution in [0.25, 0.3) is 0 Å². The van der Waals surface area contributed by atoms with Crippen LogP contribution in [0, 0.1) is 0 Å². The first-order valence-corrected chi connectivity index (χ1v) is 7.10. The van der Waals surface area contributed by atoms with Crippen LogP contribution in [0.15, 0.2) is 35.1 Å². The quantitative estimate of drug-likeness (QED) is 0.800. The van der Waals surface area contributed by atoms with Gasteiger partial charge in [0.1, 0.15) is 5.82 Å². The molecule has 0 amide bonds. The number of halogens is 1. The van der Waals surface area contributed by atoms with Crippen LogP contribution in [0.4, 0.5) is 0 Å². The normalized spacial score (nSPS) is 13.6. The van der Waals surface area contributed by atoms with Gasteiger partial charge in [-0.3, -0.25) is 9.36 Å². The molecule has 108 valence electrons. The van der Waals surface area contributed by atoms with Crippen LogP contribution >= 0.6 is 11.6 Å². The lowest BCUT2D eigenvalue weighted by Crippen LogP contribution is -2.28. The molecule has 1 aliphatic heterocycles. The van der Waals surface area contributed by atoms with Crippen LogP contribution in [0.5, 0.6) is 5.88 Å². The fraction of sp³-hybridized carbons (Fsp3) is 0.267. The van der Waals surface area contributed by atoms with Crippen molar-refractivity contribution in [3.63, 3.8) is 0 Å². The summed E-state index contributed by atoms with van der Waals surface area (Å²) in [5.41, 5.74) is 0.0560. The highest BCUT2D eigenvalue weighted by Crippen LogP contribution is 2.18. The maximum Gasteiger partial charge on any atom is 0.346 e. The first kappa shape index (κ1) is 13.8. The largest absolute Gasteiger partial charge is 0.404 e. The Morgan fingerprint density at radius 1 is 1.29 bits per heavy atom. The van der Waals surface area contributed by atoms with E-state index in [0.29, 0.717) is 23.8 Å². The zero-order valence-electron chi connectivity index (χ0n) is 11.2. The summed E-state index contributed by atoms with van der Waals surface area (Å²) in [6.07, 6.45) is 2.66. The van der Waals surface area contributed by atoms with E-state index in [1.54, 1.807) is 28.8 Å². The zero-order valence-corrected chi connectivity index (χ0v) is 12.0. The molecule has 2 aromatic rings. The van der Waals surface area contributed by atoms with Gasteiger partial charge in [0.15, 0.2) is 0 Å². The van der Waals surface area contributed by atoms with Crippen LogP contribution in [0.1, 0.15) is 29.0 Å². The van der Waals surface area contributed by atoms with Crippen molar-refractivity contribution in [1.29, 1.82) is 0 Å². The average molecular weight is 305 g/mol. The monoisotopic (exact) mass is 304 g/mol. The van der Waals surface area contributed by atoms with Gasteiger partial charge in [-0.05, 0) is 25.0 Å². The molecule has 0 fully saturated rings. The summed E-state index contributed by atoms with van der Waals surface area (Å²) >= 11 is 5.94. The van der Waals surface area contributed by atoms with Gasteiger partial charge in [-0.1, -0.05) is 23.7 Å². The summed E-state index contributed by atoms with van der Waals surface area (Å²) in [6.45, 7) is 0.667. The van der Waals surface area contributed by atoms with Gasteiger partial charge >= 0.3 is 5.97 Å². The van der Waals surface area contributed by atoms with Crippen LogP contribution in [0.3, 0.4) is 0 Å². The summed E-state index contributed by atoms with van der Waals surface area (Å²) in [4.78, 5) is 28.3. The number of hydrogen-bond acceptors (Lipinski definition) is 4. The Morgan fingerprint density at radius 2 is 2.10 bits per heavy atom. The molecule has 0 spiro atoms. The highest BCUT2D eigenvalue weighted by Gasteiger charge is 2.17. The van der Waals surface area contributed by atoms with Gasteiger partial charge in [0.05, 0.1) is 16.7 Å². The van der Waals surface area contributed by atoms with E-state index < -0.39 is 5.97 Å². The minimum atomic E-state index is -0.617. The summed E-state index contributed by atoms with van der Waals surface area (Å²) in [5, 5.41) is 0.303. The van der Waals surface area contributed by atoms with Gasteiger partial charge in [-0.2, -0.15) is 4.98 Å². The highest BCUT2D eigenvalue weighted by molar-refractivity contribution is 6.33. The van der Waals surface area contributed by atoms with Crippen LogP contribution in [-0.4, -0.2) is 15.5 Å². The molecule has 21 heavy (non-hydrogen) atoms. The molecule has 0 atom stereocenters. The maximum atomic E-state index is 12.1. The smallest absolute Gasteiger partial charge is 0.346 e. The predicted molar refractivity (Wildman–Crippen MR) is 77.8 cm³/mol. The van der Waals surface area contributed by atoms with E-state index in [-0.39, 0.29) is 17.0 Å². The number of esters is 1. The molecule has 3 rings (SSSR count). The lowest BCUT2D eigenvalue weighted by Gasteiger charge is -2.17. The molecule has 0 N–H and O–H groups in total. The second-order valence-corrected chi connectivity index (χ2v) is 5.23. The number of aromatic nitrogens is 2. The topological polar surface area (TPSA) is 61.2 Å². The van der Waals surface area contributed by atoms with Crippen LogP contribution in [0.2, 0.25) is 5.02 Å². The van der Waals surface area contributed by atoms with Gasteiger partial charge in [-0.15, -0.1) is 0 Å². The Labute approximate surface area is 126 Å². The number of carbonyl (C=O) groups is 1. The van der Waals surface area contributed by atoms with Gasteiger partial charge in [0, 0.05) is 13.0 Å². The molecule has 0 unspecified atom stereocenters. The summed E-state index contributed by atoms with van der Waals surface area (Å²) in [5.74, 6) is 0.0713. The lowest BCUT2D eigenvalue weighted by molar-refractivity contribution is 0.0726. The molecule has 2 heterocycles. The van der Waals surface area contributed by atoms with E-state index in [4.69, 9.17) is 16.3 Å². The van der Waals surface area contributed by atoms with Crippen molar-refractivity contribution < 1.29 is 9.53 Å². The Balaban J connectivity index is 1.89. The standard InChI is InChI=1S/C15H13ClN2O3/c16-11-6-2-1-5-10(11)15(20)21-13-9-14(19)18-8-4-3-7-12(18)17-13/h1-2,5-6,9H,3-4,7-8H2. The number of hydrogen-bond donors (Lipinski definition) is 0. The van der Waals surface area contributed by atoms with E-state index in [2.05, 4.69) is 4.98 Å². The third-order valence-electron chi connectivity index (χ3n) is 3.39. The van der Waals surface area contributed by atoms with Crippen molar-refractivity contribution in [2.24, 2.45) is 0 Å². The summed E-state index contributed by atoms with van der Waals surface area (Å²) in [6, 6.07) is 7.83. The van der Waals surface area contributed by atoms with E-state index >= 15 is 0 Å². The number of nitrogens with zero attached hydrogens (tertiary/aromatic N) is 2. The lowest BCUT2D eigenvalue weighted by atomic mass is 10.1. The van der Waals surface area contributed by atoms with E-state index in [0.717, 1.165) is 12.8 Å². The third kappa shape index (κ3) is 2.83. The average Bonchev–Trinajstić information content (AvgIpc) is 2.47. The Hall–Kier alpha value is -2.14. The fourth-order valence-corrected chi connectivity index (χ4v) is 2.56. The molecular weight excluding hydrogens is 292 g/mol. The molecule has 1 aromatic carbocycles. The van der Waals surface area contributed by atoms with Gasteiger partial charge in [0.25, 0.3) is 5.56 Å². The third-order valence-corrected chi connectivity index (χ3v) is 3.72. The molecule has 0 saturated carbocycles. The minimum absolute atomic E-state index is 0.0260. The molecule has 5 nitrogen and oxygen atoms in total. The highest BCUT2D eigenvalue weighted by atomic mass is 35.5. The SMILES string of the molecule is O=C(Oc1cc(=O)n2c(n1)CCCC2)c1ccccc1Cl. The first-order chi connectivity index (χ1) is 10.1. The number of benzene rings is 1. The molecular formula is C15H13ClN2O3. The zero-order chi connectivity index (χ0) is 14.8. The molecule has 0 radical (unpaired) electrons. The predicted octanol–water partition coefficient (Wildman–Crippen LogP) is 2.45.